The summed E-state index contributed by atoms with van der Waals surface area (Å²) >= 11 is 0. The average Bonchev–Trinajstić information content (AvgIpc) is 1.77. The summed E-state index contributed by atoms with van der Waals surface area (Å²) in [6, 6.07) is 0.495. The van der Waals surface area contributed by atoms with Crippen molar-refractivity contribution in [2.24, 2.45) is 5.92 Å². The Labute approximate surface area is 62.0 Å². The van der Waals surface area contributed by atoms with Crippen LogP contribution in [0, 0.1) is 5.92 Å². The second kappa shape index (κ2) is 3.04. The van der Waals surface area contributed by atoms with E-state index in [1.54, 1.807) is 0 Å². The normalized spacial score (nSPS) is 18.7. The SMILES string of the molecule is CC(C)C(=O)NC1CCC1. The van der Waals surface area contributed by atoms with Gasteiger partial charge in [-0.05, 0) is 19.3 Å². The van der Waals surface area contributed by atoms with E-state index in [2.05, 4.69) is 5.32 Å². The van der Waals surface area contributed by atoms with Crippen molar-refractivity contribution in [2.45, 2.75) is 39.2 Å². The summed E-state index contributed by atoms with van der Waals surface area (Å²) < 4.78 is 0. The smallest absolute Gasteiger partial charge is 0.222 e. The van der Waals surface area contributed by atoms with Crippen LogP contribution >= 0.6 is 0 Å². The number of carbonyl (C=O) groups is 1. The van der Waals surface area contributed by atoms with Gasteiger partial charge in [0.25, 0.3) is 0 Å². The molecule has 0 spiro atoms. The maximum absolute atomic E-state index is 11.0. The fourth-order valence-electron chi connectivity index (χ4n) is 0.920. The molecule has 1 saturated carbocycles. The largest absolute Gasteiger partial charge is 0.353 e. The number of hydrogen-bond acceptors (Lipinski definition) is 1. The summed E-state index contributed by atoms with van der Waals surface area (Å²) in [4.78, 5) is 11.0. The average molecular weight is 141 g/mol. The zero-order chi connectivity index (χ0) is 7.56. The van der Waals surface area contributed by atoms with Gasteiger partial charge in [0.15, 0.2) is 0 Å². The molecular weight excluding hydrogens is 126 g/mol. The van der Waals surface area contributed by atoms with Crippen LogP contribution in [0.5, 0.6) is 0 Å². The van der Waals surface area contributed by atoms with Crippen molar-refractivity contribution < 1.29 is 4.79 Å². The zero-order valence-corrected chi connectivity index (χ0v) is 6.68. The van der Waals surface area contributed by atoms with Gasteiger partial charge in [0.1, 0.15) is 0 Å². The molecule has 1 rings (SSSR count). The van der Waals surface area contributed by atoms with Gasteiger partial charge in [-0.1, -0.05) is 13.8 Å². The first-order valence-corrected chi connectivity index (χ1v) is 4.00. The van der Waals surface area contributed by atoms with E-state index in [1.165, 1.54) is 19.3 Å². The van der Waals surface area contributed by atoms with Crippen molar-refractivity contribution in [1.29, 1.82) is 0 Å². The van der Waals surface area contributed by atoms with Gasteiger partial charge < -0.3 is 5.32 Å². The highest BCUT2D eigenvalue weighted by atomic mass is 16.1. The summed E-state index contributed by atoms with van der Waals surface area (Å²) in [5.41, 5.74) is 0. The highest BCUT2D eigenvalue weighted by Gasteiger charge is 2.20. The van der Waals surface area contributed by atoms with E-state index in [-0.39, 0.29) is 11.8 Å². The van der Waals surface area contributed by atoms with Crippen LogP contribution in [0.25, 0.3) is 0 Å². The number of rotatable bonds is 2. The first-order valence-electron chi connectivity index (χ1n) is 4.00. The fraction of sp³-hybridized carbons (Fsp3) is 0.875. The van der Waals surface area contributed by atoms with Gasteiger partial charge in [0, 0.05) is 12.0 Å². The second-order valence-corrected chi connectivity index (χ2v) is 3.29. The molecule has 1 amide bonds. The molecule has 0 heterocycles. The van der Waals surface area contributed by atoms with E-state index in [1.807, 2.05) is 13.8 Å². The molecule has 2 nitrogen and oxygen atoms in total. The van der Waals surface area contributed by atoms with E-state index < -0.39 is 0 Å². The van der Waals surface area contributed by atoms with Crippen LogP contribution in [-0.4, -0.2) is 11.9 Å². The van der Waals surface area contributed by atoms with Gasteiger partial charge in [0.05, 0.1) is 0 Å². The van der Waals surface area contributed by atoms with Crippen LogP contribution in [0.2, 0.25) is 0 Å². The first-order chi connectivity index (χ1) is 4.70. The minimum Gasteiger partial charge on any atom is -0.353 e. The fourth-order valence-corrected chi connectivity index (χ4v) is 0.920. The topological polar surface area (TPSA) is 29.1 Å². The maximum Gasteiger partial charge on any atom is 0.222 e. The van der Waals surface area contributed by atoms with Crippen molar-refractivity contribution in [2.75, 3.05) is 0 Å². The summed E-state index contributed by atoms with van der Waals surface area (Å²) in [7, 11) is 0. The monoisotopic (exact) mass is 141 g/mol. The molecule has 10 heavy (non-hydrogen) atoms. The lowest BCUT2D eigenvalue weighted by molar-refractivity contribution is -0.125. The Morgan fingerprint density at radius 1 is 1.50 bits per heavy atom. The van der Waals surface area contributed by atoms with E-state index >= 15 is 0 Å². The van der Waals surface area contributed by atoms with E-state index in [4.69, 9.17) is 0 Å². The van der Waals surface area contributed by atoms with E-state index in [0.717, 1.165) is 0 Å². The Hall–Kier alpha value is -0.530. The molecule has 0 aromatic heterocycles. The molecule has 58 valence electrons. The number of carbonyl (C=O) groups excluding carboxylic acids is 1. The zero-order valence-electron chi connectivity index (χ0n) is 6.68. The number of hydrogen-bond donors (Lipinski definition) is 1. The van der Waals surface area contributed by atoms with Gasteiger partial charge >= 0.3 is 0 Å². The Morgan fingerprint density at radius 3 is 2.40 bits per heavy atom. The molecule has 0 saturated heterocycles. The van der Waals surface area contributed by atoms with Crippen molar-refractivity contribution >= 4 is 5.91 Å². The summed E-state index contributed by atoms with van der Waals surface area (Å²) in [6.45, 7) is 3.85. The quantitative estimate of drug-likeness (QED) is 0.617. The molecule has 0 unspecified atom stereocenters. The second-order valence-electron chi connectivity index (χ2n) is 3.29. The van der Waals surface area contributed by atoms with Crippen LogP contribution in [0.4, 0.5) is 0 Å². The highest BCUT2D eigenvalue weighted by molar-refractivity contribution is 5.78. The lowest BCUT2D eigenvalue weighted by atomic mass is 9.93. The summed E-state index contributed by atoms with van der Waals surface area (Å²) in [5.74, 6) is 0.338. The third-order valence-corrected chi connectivity index (χ3v) is 1.98. The third kappa shape index (κ3) is 1.72. The highest BCUT2D eigenvalue weighted by Crippen LogP contribution is 2.18. The lowest BCUT2D eigenvalue weighted by Crippen LogP contribution is -2.41. The minimum absolute atomic E-state index is 0.139. The van der Waals surface area contributed by atoms with E-state index in [0.29, 0.717) is 6.04 Å². The molecule has 0 aromatic rings. The first kappa shape index (κ1) is 7.58. The molecule has 0 atom stereocenters. The van der Waals surface area contributed by atoms with Gasteiger partial charge in [-0.3, -0.25) is 4.79 Å². The molecule has 1 aliphatic rings. The van der Waals surface area contributed by atoms with Crippen LogP contribution in [0.15, 0.2) is 0 Å². The van der Waals surface area contributed by atoms with Crippen LogP contribution in [-0.2, 0) is 4.79 Å². The standard InChI is InChI=1S/C8H15NO/c1-6(2)8(10)9-7-4-3-5-7/h6-7H,3-5H2,1-2H3,(H,9,10). The Kier molecular flexibility index (Phi) is 2.30. The van der Waals surface area contributed by atoms with Gasteiger partial charge in [-0.15, -0.1) is 0 Å². The van der Waals surface area contributed by atoms with Crippen LogP contribution in [0.1, 0.15) is 33.1 Å². The molecule has 0 aromatic carbocycles. The Balaban J connectivity index is 2.17. The lowest BCUT2D eigenvalue weighted by Gasteiger charge is -2.27. The van der Waals surface area contributed by atoms with Gasteiger partial charge in [0.2, 0.25) is 5.91 Å². The predicted molar refractivity (Wildman–Crippen MR) is 40.6 cm³/mol. The molecule has 1 N–H and O–H groups in total. The molecule has 0 aliphatic heterocycles. The maximum atomic E-state index is 11.0. The molecule has 1 fully saturated rings. The molecule has 0 radical (unpaired) electrons. The Morgan fingerprint density at radius 2 is 2.10 bits per heavy atom. The predicted octanol–water partition coefficient (Wildman–Crippen LogP) is 1.31. The summed E-state index contributed by atoms with van der Waals surface area (Å²) in [5, 5.41) is 2.98. The third-order valence-electron chi connectivity index (χ3n) is 1.98. The Bertz CT molecular complexity index is 127. The minimum atomic E-state index is 0.139. The van der Waals surface area contributed by atoms with Crippen LogP contribution < -0.4 is 5.32 Å². The van der Waals surface area contributed by atoms with Crippen molar-refractivity contribution in [3.8, 4) is 0 Å². The van der Waals surface area contributed by atoms with Crippen molar-refractivity contribution in [3.63, 3.8) is 0 Å². The van der Waals surface area contributed by atoms with Crippen LogP contribution in [0.3, 0.4) is 0 Å². The molecular formula is C8H15NO. The van der Waals surface area contributed by atoms with E-state index in [9.17, 15) is 4.79 Å². The van der Waals surface area contributed by atoms with Gasteiger partial charge in [-0.2, -0.15) is 0 Å². The van der Waals surface area contributed by atoms with Crippen molar-refractivity contribution in [1.82, 2.24) is 5.32 Å². The van der Waals surface area contributed by atoms with Crippen molar-refractivity contribution in [3.05, 3.63) is 0 Å². The van der Waals surface area contributed by atoms with Gasteiger partial charge in [-0.25, -0.2) is 0 Å². The molecule has 0 bridgehead atoms. The number of amides is 1. The molecule has 1 aliphatic carbocycles. The summed E-state index contributed by atoms with van der Waals surface area (Å²) in [6.07, 6.45) is 3.64. The molecule has 2 heteroatoms. The number of nitrogens with one attached hydrogen (secondary N) is 1.